The largest absolute Gasteiger partial charge is 0.548 e. The number of methoxy groups -OCH3 is 1. The van der Waals surface area contributed by atoms with E-state index in [1.165, 1.54) is 7.11 Å². The van der Waals surface area contributed by atoms with Crippen molar-refractivity contribution in [3.05, 3.63) is 35.9 Å². The Morgan fingerprint density at radius 2 is 1.57 bits per heavy atom. The number of rotatable bonds is 14. The van der Waals surface area contributed by atoms with Crippen molar-refractivity contribution in [1.82, 2.24) is 16.0 Å². The van der Waals surface area contributed by atoms with Gasteiger partial charge in [-0.05, 0) is 52.0 Å². The number of hydrogen-bond donors (Lipinski definition) is 3. The molecule has 3 amide bonds. The van der Waals surface area contributed by atoms with Crippen LogP contribution in [-0.4, -0.2) is 61.4 Å². The zero-order chi connectivity index (χ0) is 27.8. The zero-order valence-electron chi connectivity index (χ0n) is 21.7. The SMILES string of the molecule is COC(=O)[C@H](CCC(=O)NCCCC[C@H](NC(=O)OCc1ccccc1)C(=O)[O-])NC(=O)OC(C)(C)C. The van der Waals surface area contributed by atoms with E-state index < -0.39 is 41.8 Å². The number of amides is 3. The average Bonchev–Trinajstić information content (AvgIpc) is 2.83. The number of unbranched alkanes of at least 4 members (excludes halogenated alkanes) is 1. The number of hydrogen-bond acceptors (Lipinski definition) is 9. The summed E-state index contributed by atoms with van der Waals surface area (Å²) in [5.74, 6) is -2.51. The molecule has 0 aromatic heterocycles. The molecule has 3 N–H and O–H groups in total. The van der Waals surface area contributed by atoms with E-state index in [0.717, 1.165) is 5.56 Å². The van der Waals surface area contributed by atoms with Crippen molar-refractivity contribution in [2.75, 3.05) is 13.7 Å². The van der Waals surface area contributed by atoms with Crippen molar-refractivity contribution in [2.45, 2.75) is 77.2 Å². The van der Waals surface area contributed by atoms with Crippen molar-refractivity contribution in [3.8, 4) is 0 Å². The maximum absolute atomic E-state index is 12.1. The molecule has 0 saturated carbocycles. The van der Waals surface area contributed by atoms with Crippen LogP contribution >= 0.6 is 0 Å². The van der Waals surface area contributed by atoms with Crippen LogP contribution in [0.4, 0.5) is 9.59 Å². The van der Waals surface area contributed by atoms with E-state index in [4.69, 9.17) is 9.47 Å². The van der Waals surface area contributed by atoms with E-state index in [9.17, 15) is 29.1 Å². The predicted octanol–water partition coefficient (Wildman–Crippen LogP) is 1.16. The summed E-state index contributed by atoms with van der Waals surface area (Å²) < 4.78 is 14.8. The molecule has 206 valence electrons. The molecule has 0 aliphatic heterocycles. The van der Waals surface area contributed by atoms with Gasteiger partial charge in [0.2, 0.25) is 5.91 Å². The molecule has 2 atom stereocenters. The molecule has 0 aliphatic rings. The molecule has 0 radical (unpaired) electrons. The highest BCUT2D eigenvalue weighted by atomic mass is 16.6. The summed E-state index contributed by atoms with van der Waals surface area (Å²) in [5, 5.41) is 18.7. The Bertz CT molecular complexity index is 900. The first-order valence-corrected chi connectivity index (χ1v) is 11.9. The molecule has 0 spiro atoms. The van der Waals surface area contributed by atoms with Crippen LogP contribution in [0.2, 0.25) is 0 Å². The lowest BCUT2D eigenvalue weighted by molar-refractivity contribution is -0.308. The van der Waals surface area contributed by atoms with Gasteiger partial charge in [-0.1, -0.05) is 30.3 Å². The van der Waals surface area contributed by atoms with Gasteiger partial charge in [-0.2, -0.15) is 0 Å². The van der Waals surface area contributed by atoms with Gasteiger partial charge in [-0.3, -0.25) is 4.79 Å². The van der Waals surface area contributed by atoms with Gasteiger partial charge in [0.15, 0.2) is 0 Å². The van der Waals surface area contributed by atoms with E-state index in [0.29, 0.717) is 12.8 Å². The van der Waals surface area contributed by atoms with Gasteiger partial charge >= 0.3 is 18.2 Å². The molecular weight excluding hydrogens is 486 g/mol. The molecule has 1 aromatic rings. The third kappa shape index (κ3) is 14.4. The number of carbonyl (C=O) groups is 5. The van der Waals surface area contributed by atoms with Crippen LogP contribution in [0.5, 0.6) is 0 Å². The van der Waals surface area contributed by atoms with E-state index in [2.05, 4.69) is 20.7 Å². The molecular formula is C25H36N3O9-. The second kappa shape index (κ2) is 16.0. The molecule has 0 bridgehead atoms. The lowest BCUT2D eigenvalue weighted by Gasteiger charge is -2.22. The van der Waals surface area contributed by atoms with Crippen LogP contribution in [0.25, 0.3) is 0 Å². The first-order chi connectivity index (χ1) is 17.4. The van der Waals surface area contributed by atoms with Crippen LogP contribution < -0.4 is 21.1 Å². The fourth-order valence-corrected chi connectivity index (χ4v) is 3.06. The summed E-state index contributed by atoms with van der Waals surface area (Å²) >= 11 is 0. The fourth-order valence-electron chi connectivity index (χ4n) is 3.06. The summed E-state index contributed by atoms with van der Waals surface area (Å²) in [6.07, 6.45) is -0.834. The number of carbonyl (C=O) groups excluding carboxylic acids is 5. The summed E-state index contributed by atoms with van der Waals surface area (Å²) in [6.45, 7) is 5.28. The van der Waals surface area contributed by atoms with E-state index >= 15 is 0 Å². The average molecular weight is 523 g/mol. The van der Waals surface area contributed by atoms with Gasteiger partial charge in [0, 0.05) is 13.0 Å². The van der Waals surface area contributed by atoms with E-state index in [-0.39, 0.29) is 38.3 Å². The molecule has 0 saturated heterocycles. The number of esters is 1. The quantitative estimate of drug-likeness (QED) is 0.184. The molecule has 37 heavy (non-hydrogen) atoms. The first kappa shape index (κ1) is 31.2. The van der Waals surface area contributed by atoms with Gasteiger partial charge in [0.1, 0.15) is 18.2 Å². The number of ether oxygens (including phenoxy) is 3. The van der Waals surface area contributed by atoms with Crippen LogP contribution in [-0.2, 0) is 35.2 Å². The maximum Gasteiger partial charge on any atom is 0.408 e. The summed E-state index contributed by atoms with van der Waals surface area (Å²) in [4.78, 5) is 59.2. The summed E-state index contributed by atoms with van der Waals surface area (Å²) in [6, 6.07) is 6.65. The Kier molecular flexibility index (Phi) is 13.5. The van der Waals surface area contributed by atoms with Crippen molar-refractivity contribution in [1.29, 1.82) is 0 Å². The third-order valence-electron chi connectivity index (χ3n) is 4.87. The minimum atomic E-state index is -1.44. The highest BCUT2D eigenvalue weighted by molar-refractivity contribution is 5.83. The van der Waals surface area contributed by atoms with E-state index in [1.807, 2.05) is 6.07 Å². The number of aliphatic carboxylic acids is 1. The monoisotopic (exact) mass is 522 g/mol. The molecule has 0 fully saturated rings. The Hall–Kier alpha value is -3.83. The third-order valence-corrected chi connectivity index (χ3v) is 4.87. The maximum atomic E-state index is 12.1. The highest BCUT2D eigenvalue weighted by Crippen LogP contribution is 2.09. The van der Waals surface area contributed by atoms with Gasteiger partial charge in [-0.25, -0.2) is 14.4 Å². The van der Waals surface area contributed by atoms with Gasteiger partial charge < -0.3 is 40.1 Å². The first-order valence-electron chi connectivity index (χ1n) is 11.9. The minimum Gasteiger partial charge on any atom is -0.548 e. The normalized spacial score (nSPS) is 12.4. The highest BCUT2D eigenvalue weighted by Gasteiger charge is 2.25. The second-order valence-electron chi connectivity index (χ2n) is 9.18. The van der Waals surface area contributed by atoms with Crippen LogP contribution in [0.1, 0.15) is 58.4 Å². The predicted molar refractivity (Wildman–Crippen MR) is 130 cm³/mol. The number of carboxylic acid groups (broad SMARTS) is 1. The van der Waals surface area contributed by atoms with E-state index in [1.54, 1.807) is 45.0 Å². The molecule has 12 nitrogen and oxygen atoms in total. The van der Waals surface area contributed by atoms with Gasteiger partial charge in [-0.15, -0.1) is 0 Å². The van der Waals surface area contributed by atoms with Crippen LogP contribution in [0, 0.1) is 0 Å². The van der Waals surface area contributed by atoms with Crippen molar-refractivity contribution in [3.63, 3.8) is 0 Å². The molecule has 0 aliphatic carbocycles. The lowest BCUT2D eigenvalue weighted by Crippen LogP contribution is -2.48. The topological polar surface area (TPSA) is 172 Å². The Labute approximate surface area is 216 Å². The Morgan fingerprint density at radius 3 is 2.16 bits per heavy atom. The Balaban J connectivity index is 2.33. The molecule has 12 heteroatoms. The van der Waals surface area contributed by atoms with Gasteiger partial charge in [0.05, 0.1) is 19.1 Å². The summed E-state index contributed by atoms with van der Waals surface area (Å²) in [5.41, 5.74) is 0.00690. The Morgan fingerprint density at radius 1 is 0.919 bits per heavy atom. The molecule has 1 aromatic carbocycles. The number of alkyl carbamates (subject to hydrolysis) is 2. The number of carboxylic acids is 1. The molecule has 1 rings (SSSR count). The lowest BCUT2D eigenvalue weighted by atomic mass is 10.1. The fraction of sp³-hybridized carbons (Fsp3) is 0.560. The minimum absolute atomic E-state index is 0.000476. The molecule has 0 heterocycles. The number of nitrogens with one attached hydrogen (secondary N) is 3. The van der Waals surface area contributed by atoms with Crippen LogP contribution in [0.3, 0.4) is 0 Å². The second-order valence-corrected chi connectivity index (χ2v) is 9.18. The van der Waals surface area contributed by atoms with Crippen molar-refractivity contribution < 1.29 is 43.3 Å². The molecule has 0 unspecified atom stereocenters. The zero-order valence-corrected chi connectivity index (χ0v) is 21.7. The number of benzene rings is 1. The van der Waals surface area contributed by atoms with Gasteiger partial charge in [0.25, 0.3) is 0 Å². The standard InChI is InChI=1S/C25H37N3O9/c1-25(2,3)37-24(34)28-19(22(32)35-4)13-14-20(29)26-15-9-8-12-18(21(30)31)27-23(33)36-16-17-10-6-5-7-11-17/h5-7,10-11,18-19H,8-9,12-16H2,1-4H3,(H,26,29)(H,27,33)(H,28,34)(H,30,31)/p-1/t18-,19-/m0/s1. The summed E-state index contributed by atoms with van der Waals surface area (Å²) in [7, 11) is 1.17. The van der Waals surface area contributed by atoms with Crippen molar-refractivity contribution in [2.24, 2.45) is 0 Å². The van der Waals surface area contributed by atoms with Crippen LogP contribution in [0.15, 0.2) is 30.3 Å². The smallest absolute Gasteiger partial charge is 0.408 e. The van der Waals surface area contributed by atoms with Crippen molar-refractivity contribution >= 4 is 30.0 Å².